The zero-order valence-corrected chi connectivity index (χ0v) is 18.6. The van der Waals surface area contributed by atoms with Crippen molar-refractivity contribution in [2.75, 3.05) is 11.9 Å². The average Bonchev–Trinajstić information content (AvgIpc) is 3.39. The van der Waals surface area contributed by atoms with Gasteiger partial charge in [-0.2, -0.15) is 0 Å². The molecule has 8 nitrogen and oxygen atoms in total. The van der Waals surface area contributed by atoms with Crippen LogP contribution in [0, 0.1) is 6.92 Å². The first-order valence-corrected chi connectivity index (χ1v) is 11.3. The van der Waals surface area contributed by atoms with Crippen LogP contribution < -0.4 is 10.1 Å². The van der Waals surface area contributed by atoms with E-state index in [0.29, 0.717) is 28.9 Å². The molecule has 2 aromatic carbocycles. The van der Waals surface area contributed by atoms with Crippen molar-refractivity contribution in [3.05, 3.63) is 59.1 Å². The summed E-state index contributed by atoms with van der Waals surface area (Å²) in [6.45, 7) is 4.42. The van der Waals surface area contributed by atoms with Gasteiger partial charge in [-0.05, 0) is 73.5 Å². The lowest BCUT2D eigenvalue weighted by atomic mass is 10.2. The minimum Gasteiger partial charge on any atom is -0.494 e. The van der Waals surface area contributed by atoms with Crippen molar-refractivity contribution in [3.63, 3.8) is 0 Å². The van der Waals surface area contributed by atoms with Crippen LogP contribution in [-0.2, 0) is 0 Å². The van der Waals surface area contributed by atoms with E-state index >= 15 is 0 Å². The van der Waals surface area contributed by atoms with E-state index in [1.807, 2.05) is 67.1 Å². The van der Waals surface area contributed by atoms with E-state index in [2.05, 4.69) is 25.8 Å². The van der Waals surface area contributed by atoms with E-state index < -0.39 is 0 Å². The Morgan fingerprint density at radius 3 is 2.75 bits per heavy atom. The molecule has 0 bridgehead atoms. The summed E-state index contributed by atoms with van der Waals surface area (Å²) in [5.74, 6) is 1.35. The van der Waals surface area contributed by atoms with Crippen LogP contribution in [-0.4, -0.2) is 37.7 Å². The average molecular weight is 447 g/mol. The Kier molecular flexibility index (Phi) is 5.40. The molecule has 0 radical (unpaired) electrons. The van der Waals surface area contributed by atoms with Crippen molar-refractivity contribution in [2.45, 2.75) is 32.7 Å². The summed E-state index contributed by atoms with van der Waals surface area (Å²) in [5.41, 5.74) is 3.21. The number of tetrazole rings is 1. The number of amides is 1. The number of nitrogens with one attached hydrogen (secondary N) is 1. The highest BCUT2D eigenvalue weighted by Gasteiger charge is 2.28. The molecule has 32 heavy (non-hydrogen) atoms. The molecule has 1 aliphatic rings. The molecule has 1 aliphatic carbocycles. The van der Waals surface area contributed by atoms with Gasteiger partial charge in [0, 0.05) is 16.8 Å². The number of ether oxygens (including phenoxy) is 1. The molecule has 4 aromatic rings. The molecule has 5 rings (SSSR count). The van der Waals surface area contributed by atoms with E-state index in [4.69, 9.17) is 4.74 Å². The number of hydrogen-bond donors (Lipinski definition) is 1. The van der Waals surface area contributed by atoms with Gasteiger partial charge in [0.05, 0.1) is 18.3 Å². The lowest BCUT2D eigenvalue weighted by Gasteiger charge is -2.07. The fourth-order valence-electron chi connectivity index (χ4n) is 3.46. The van der Waals surface area contributed by atoms with Gasteiger partial charge in [0.25, 0.3) is 5.91 Å². The number of carbonyl (C=O) groups excluding carboxylic acids is 1. The predicted octanol–water partition coefficient (Wildman–Crippen LogP) is 4.76. The van der Waals surface area contributed by atoms with Crippen molar-refractivity contribution in [2.24, 2.45) is 0 Å². The van der Waals surface area contributed by atoms with Gasteiger partial charge < -0.3 is 10.1 Å². The molecule has 1 amide bonds. The van der Waals surface area contributed by atoms with Gasteiger partial charge in [0.1, 0.15) is 15.6 Å². The van der Waals surface area contributed by atoms with Crippen LogP contribution in [0.2, 0.25) is 0 Å². The van der Waals surface area contributed by atoms with Crippen molar-refractivity contribution in [3.8, 4) is 27.7 Å². The molecule has 1 N–H and O–H groups in total. The smallest absolute Gasteiger partial charge is 0.267 e. The van der Waals surface area contributed by atoms with E-state index in [-0.39, 0.29) is 5.91 Å². The molecule has 2 heterocycles. The molecule has 0 atom stereocenters. The summed E-state index contributed by atoms with van der Waals surface area (Å²) in [4.78, 5) is 18.2. The van der Waals surface area contributed by atoms with Crippen LogP contribution in [0.4, 0.5) is 5.69 Å². The number of aromatic nitrogens is 5. The van der Waals surface area contributed by atoms with Crippen molar-refractivity contribution in [1.82, 2.24) is 25.2 Å². The molecular weight excluding hydrogens is 424 g/mol. The largest absolute Gasteiger partial charge is 0.494 e. The summed E-state index contributed by atoms with van der Waals surface area (Å²) >= 11 is 1.38. The summed E-state index contributed by atoms with van der Waals surface area (Å²) in [7, 11) is 0. The van der Waals surface area contributed by atoms with Crippen LogP contribution in [0.25, 0.3) is 22.0 Å². The van der Waals surface area contributed by atoms with E-state index in [0.717, 1.165) is 40.6 Å². The third-order valence-corrected chi connectivity index (χ3v) is 6.38. The second-order valence-corrected chi connectivity index (χ2v) is 8.60. The fourth-order valence-corrected chi connectivity index (χ4v) is 4.43. The van der Waals surface area contributed by atoms with E-state index in [1.165, 1.54) is 11.3 Å². The first-order chi connectivity index (χ1) is 15.6. The standard InChI is InChI=1S/C23H22N6O2S/c1-3-31-19-11-7-15(8-12-19)23-24-14(2)20(32-23)22(30)25-17-6-4-5-16(13-17)21-26-27-28-29(21)18-9-10-18/h4-8,11-13,18H,3,9-10H2,1-2H3,(H,25,30). The lowest BCUT2D eigenvalue weighted by molar-refractivity contribution is 0.103. The molecule has 1 fully saturated rings. The lowest BCUT2D eigenvalue weighted by Crippen LogP contribution is -2.11. The minimum atomic E-state index is -0.184. The third kappa shape index (κ3) is 4.11. The zero-order chi connectivity index (χ0) is 22.1. The topological polar surface area (TPSA) is 94.8 Å². The molecule has 1 saturated carbocycles. The van der Waals surface area contributed by atoms with Crippen molar-refractivity contribution < 1.29 is 9.53 Å². The number of hydrogen-bond acceptors (Lipinski definition) is 7. The maximum Gasteiger partial charge on any atom is 0.267 e. The van der Waals surface area contributed by atoms with Crippen LogP contribution in [0.5, 0.6) is 5.75 Å². The van der Waals surface area contributed by atoms with E-state index in [9.17, 15) is 4.79 Å². The Morgan fingerprint density at radius 2 is 2.00 bits per heavy atom. The predicted molar refractivity (Wildman–Crippen MR) is 123 cm³/mol. The van der Waals surface area contributed by atoms with Crippen molar-refractivity contribution >= 4 is 22.9 Å². The van der Waals surface area contributed by atoms with Gasteiger partial charge in [0.15, 0.2) is 5.82 Å². The first kappa shape index (κ1) is 20.3. The van der Waals surface area contributed by atoms with Gasteiger partial charge in [-0.15, -0.1) is 16.4 Å². The molecule has 2 aromatic heterocycles. The highest BCUT2D eigenvalue weighted by molar-refractivity contribution is 7.17. The SMILES string of the molecule is CCOc1ccc(-c2nc(C)c(C(=O)Nc3cccc(-c4nnnn4C4CC4)c3)s2)cc1. The summed E-state index contributed by atoms with van der Waals surface area (Å²) in [5, 5.41) is 15.9. The highest BCUT2D eigenvalue weighted by Crippen LogP contribution is 2.37. The Hall–Kier alpha value is -3.59. The Labute approximate surface area is 189 Å². The quantitative estimate of drug-likeness (QED) is 0.440. The molecule has 0 saturated heterocycles. The number of rotatable bonds is 7. The second-order valence-electron chi connectivity index (χ2n) is 7.60. The van der Waals surface area contributed by atoms with Gasteiger partial charge in [-0.3, -0.25) is 4.79 Å². The zero-order valence-electron chi connectivity index (χ0n) is 17.8. The fraction of sp³-hybridized carbons (Fsp3) is 0.261. The molecular formula is C23H22N6O2S. The molecule has 9 heteroatoms. The first-order valence-electron chi connectivity index (χ1n) is 10.5. The molecule has 0 unspecified atom stereocenters. The van der Waals surface area contributed by atoms with Crippen LogP contribution in [0.15, 0.2) is 48.5 Å². The van der Waals surface area contributed by atoms with Gasteiger partial charge >= 0.3 is 0 Å². The van der Waals surface area contributed by atoms with Gasteiger partial charge in [0.2, 0.25) is 0 Å². The van der Waals surface area contributed by atoms with Crippen molar-refractivity contribution in [1.29, 1.82) is 0 Å². The number of benzene rings is 2. The normalized spacial score (nSPS) is 13.2. The monoisotopic (exact) mass is 446 g/mol. The maximum atomic E-state index is 13.0. The number of thiazole rings is 1. The van der Waals surface area contributed by atoms with Crippen LogP contribution in [0.3, 0.4) is 0 Å². The number of anilines is 1. The summed E-state index contributed by atoms with van der Waals surface area (Å²) in [6.07, 6.45) is 2.19. The highest BCUT2D eigenvalue weighted by atomic mass is 32.1. The third-order valence-electron chi connectivity index (χ3n) is 5.18. The molecule has 0 aliphatic heterocycles. The molecule has 162 valence electrons. The summed E-state index contributed by atoms with van der Waals surface area (Å²) < 4.78 is 7.35. The summed E-state index contributed by atoms with van der Waals surface area (Å²) in [6, 6.07) is 15.7. The Balaban J connectivity index is 1.35. The number of carbonyl (C=O) groups is 1. The second kappa shape index (κ2) is 8.51. The van der Waals surface area contributed by atoms with Crippen LogP contribution >= 0.6 is 11.3 Å². The Bertz CT molecular complexity index is 1260. The van der Waals surface area contributed by atoms with Gasteiger partial charge in [-0.1, -0.05) is 12.1 Å². The van der Waals surface area contributed by atoms with Gasteiger partial charge in [-0.25, -0.2) is 9.67 Å². The minimum absolute atomic E-state index is 0.184. The number of aryl methyl sites for hydroxylation is 1. The van der Waals surface area contributed by atoms with E-state index in [1.54, 1.807) is 0 Å². The van der Waals surface area contributed by atoms with Crippen LogP contribution in [0.1, 0.15) is 41.2 Å². The maximum absolute atomic E-state index is 13.0. The Morgan fingerprint density at radius 1 is 1.19 bits per heavy atom. The molecule has 0 spiro atoms. The number of nitrogens with zero attached hydrogens (tertiary/aromatic N) is 5.